The molecule has 1 aromatic carbocycles. The number of anilines is 1. The van der Waals surface area contributed by atoms with Crippen LogP contribution in [0.2, 0.25) is 0 Å². The minimum Gasteiger partial charge on any atom is -0.369 e. The monoisotopic (exact) mass is 287 g/mol. The van der Waals surface area contributed by atoms with Gasteiger partial charge in [-0.3, -0.25) is 4.79 Å². The van der Waals surface area contributed by atoms with Crippen LogP contribution in [0.5, 0.6) is 0 Å². The number of benzene rings is 1. The Morgan fingerprint density at radius 1 is 1.35 bits per heavy atom. The Bertz CT molecular complexity index is 516. The Balaban J connectivity index is 2.43. The van der Waals surface area contributed by atoms with Gasteiger partial charge >= 0.3 is 6.18 Å². The maximum Gasteiger partial charge on any atom is 0.418 e. The van der Waals surface area contributed by atoms with Crippen molar-refractivity contribution in [2.45, 2.75) is 25.1 Å². The van der Waals surface area contributed by atoms with Gasteiger partial charge in [-0.2, -0.15) is 13.2 Å². The molecule has 20 heavy (non-hydrogen) atoms. The Labute approximate surface area is 114 Å². The molecule has 0 aromatic heterocycles. The highest BCUT2D eigenvalue weighted by Crippen LogP contribution is 2.38. The molecule has 0 aliphatic carbocycles. The summed E-state index contributed by atoms with van der Waals surface area (Å²) in [5, 5.41) is 0. The van der Waals surface area contributed by atoms with E-state index >= 15 is 0 Å². The fraction of sp³-hybridized carbons (Fsp3) is 0.462. The number of hydrogen-bond acceptors (Lipinski definition) is 3. The number of carbonyl (C=O) groups excluding carboxylic acids is 1. The Morgan fingerprint density at radius 3 is 2.60 bits per heavy atom. The zero-order valence-corrected chi connectivity index (χ0v) is 10.8. The van der Waals surface area contributed by atoms with Gasteiger partial charge in [0, 0.05) is 30.4 Å². The van der Waals surface area contributed by atoms with E-state index in [4.69, 9.17) is 11.5 Å². The number of rotatable bonds is 2. The summed E-state index contributed by atoms with van der Waals surface area (Å²) in [6.07, 6.45) is -2.99. The van der Waals surface area contributed by atoms with Crippen molar-refractivity contribution in [3.63, 3.8) is 0 Å². The molecule has 4 N–H and O–H groups in total. The summed E-state index contributed by atoms with van der Waals surface area (Å²) in [4.78, 5) is 12.7. The smallest absolute Gasteiger partial charge is 0.369 e. The van der Waals surface area contributed by atoms with Crippen LogP contribution in [0.3, 0.4) is 0 Å². The highest BCUT2D eigenvalue weighted by Gasteiger charge is 2.36. The first-order chi connectivity index (χ1) is 9.29. The summed E-state index contributed by atoms with van der Waals surface area (Å²) >= 11 is 0. The third-order valence-electron chi connectivity index (χ3n) is 3.39. The van der Waals surface area contributed by atoms with Gasteiger partial charge in [0.2, 0.25) is 5.91 Å². The summed E-state index contributed by atoms with van der Waals surface area (Å²) in [7, 11) is 0. The van der Waals surface area contributed by atoms with E-state index in [0.29, 0.717) is 13.1 Å². The number of halogens is 3. The van der Waals surface area contributed by atoms with Crippen LogP contribution in [0.15, 0.2) is 18.2 Å². The highest BCUT2D eigenvalue weighted by atomic mass is 19.4. The first-order valence-corrected chi connectivity index (χ1v) is 6.30. The number of hydrogen-bond donors (Lipinski definition) is 2. The molecule has 1 saturated heterocycles. The molecule has 7 heteroatoms. The van der Waals surface area contributed by atoms with Crippen LogP contribution >= 0.6 is 0 Å². The number of nitrogens with two attached hydrogens (primary N) is 2. The first-order valence-electron chi connectivity index (χ1n) is 6.30. The van der Waals surface area contributed by atoms with E-state index in [1.165, 1.54) is 12.1 Å². The van der Waals surface area contributed by atoms with Crippen LogP contribution in [0, 0.1) is 0 Å². The number of piperidine rings is 1. The molecular weight excluding hydrogens is 271 g/mol. The van der Waals surface area contributed by atoms with Crippen molar-refractivity contribution >= 4 is 11.6 Å². The highest BCUT2D eigenvalue weighted by molar-refractivity contribution is 5.93. The summed E-state index contributed by atoms with van der Waals surface area (Å²) < 4.78 is 39.4. The van der Waals surface area contributed by atoms with Crippen molar-refractivity contribution in [2.24, 2.45) is 11.5 Å². The van der Waals surface area contributed by atoms with Gasteiger partial charge < -0.3 is 16.4 Å². The third-order valence-corrected chi connectivity index (χ3v) is 3.39. The molecule has 0 spiro atoms. The van der Waals surface area contributed by atoms with Crippen molar-refractivity contribution in [1.29, 1.82) is 0 Å². The Morgan fingerprint density at radius 2 is 2.05 bits per heavy atom. The van der Waals surface area contributed by atoms with Crippen molar-refractivity contribution in [3.8, 4) is 0 Å². The molecule has 0 unspecified atom stereocenters. The van der Waals surface area contributed by atoms with E-state index < -0.39 is 17.6 Å². The molecule has 1 fully saturated rings. The molecule has 1 heterocycles. The van der Waals surface area contributed by atoms with E-state index in [1.807, 2.05) is 0 Å². The predicted molar refractivity (Wildman–Crippen MR) is 69.4 cm³/mol. The molecule has 0 radical (unpaired) electrons. The lowest BCUT2D eigenvalue weighted by molar-refractivity contribution is -0.137. The molecule has 1 aromatic rings. The molecule has 1 atom stereocenters. The second-order valence-corrected chi connectivity index (χ2v) is 4.94. The zero-order chi connectivity index (χ0) is 14.9. The van der Waals surface area contributed by atoms with Crippen LogP contribution in [0.25, 0.3) is 0 Å². The Hall–Kier alpha value is -1.76. The molecule has 1 amide bonds. The lowest BCUT2D eigenvalue weighted by Gasteiger charge is -2.34. The molecule has 0 saturated carbocycles. The molecule has 0 bridgehead atoms. The summed E-state index contributed by atoms with van der Waals surface area (Å²) in [5.74, 6) is -0.877. The zero-order valence-electron chi connectivity index (χ0n) is 10.8. The van der Waals surface area contributed by atoms with Gasteiger partial charge in [0.05, 0.1) is 5.56 Å². The second-order valence-electron chi connectivity index (χ2n) is 4.94. The van der Waals surface area contributed by atoms with Gasteiger partial charge in [0.25, 0.3) is 0 Å². The Kier molecular flexibility index (Phi) is 3.89. The van der Waals surface area contributed by atoms with E-state index in [9.17, 15) is 18.0 Å². The van der Waals surface area contributed by atoms with E-state index in [-0.39, 0.29) is 17.3 Å². The number of amides is 1. The molecule has 2 rings (SSSR count). The molecule has 1 aliphatic heterocycles. The van der Waals surface area contributed by atoms with Gasteiger partial charge in [-0.25, -0.2) is 0 Å². The van der Waals surface area contributed by atoms with Gasteiger partial charge in [-0.15, -0.1) is 0 Å². The lowest BCUT2D eigenvalue weighted by atomic mass is 10.0. The quantitative estimate of drug-likeness (QED) is 0.870. The first kappa shape index (κ1) is 14.6. The summed E-state index contributed by atoms with van der Waals surface area (Å²) in [6, 6.07) is 3.27. The minimum atomic E-state index is -4.54. The average Bonchev–Trinajstić information content (AvgIpc) is 2.37. The predicted octanol–water partition coefficient (Wildman–Crippen LogP) is 1.73. The molecule has 110 valence electrons. The SMILES string of the molecule is NC(=O)c1ccc(N2CCC[C@@H](N)C2)c(C(F)(F)F)c1. The normalized spacial score (nSPS) is 20.0. The number of carbonyl (C=O) groups is 1. The van der Waals surface area contributed by atoms with Gasteiger partial charge in [-0.05, 0) is 31.0 Å². The lowest BCUT2D eigenvalue weighted by Crippen LogP contribution is -2.43. The summed E-state index contributed by atoms with van der Waals surface area (Å²) in [6.45, 7) is 0.895. The van der Waals surface area contributed by atoms with E-state index in [1.54, 1.807) is 4.90 Å². The van der Waals surface area contributed by atoms with Crippen LogP contribution in [0.4, 0.5) is 18.9 Å². The number of primary amides is 1. The third kappa shape index (κ3) is 3.04. The van der Waals surface area contributed by atoms with Crippen molar-refractivity contribution in [2.75, 3.05) is 18.0 Å². The minimum absolute atomic E-state index is 0.0534. The van der Waals surface area contributed by atoms with Gasteiger partial charge in [-0.1, -0.05) is 0 Å². The van der Waals surface area contributed by atoms with Crippen LogP contribution in [0.1, 0.15) is 28.8 Å². The van der Waals surface area contributed by atoms with Gasteiger partial charge in [0.15, 0.2) is 0 Å². The average molecular weight is 287 g/mol. The van der Waals surface area contributed by atoms with Crippen molar-refractivity contribution < 1.29 is 18.0 Å². The molecule has 1 aliphatic rings. The van der Waals surface area contributed by atoms with E-state index in [2.05, 4.69) is 0 Å². The maximum absolute atomic E-state index is 13.1. The number of nitrogens with zero attached hydrogens (tertiary/aromatic N) is 1. The topological polar surface area (TPSA) is 72.4 Å². The van der Waals surface area contributed by atoms with Crippen molar-refractivity contribution in [3.05, 3.63) is 29.3 Å². The van der Waals surface area contributed by atoms with Crippen LogP contribution in [-0.4, -0.2) is 25.0 Å². The fourth-order valence-electron chi connectivity index (χ4n) is 2.42. The van der Waals surface area contributed by atoms with Gasteiger partial charge in [0.1, 0.15) is 0 Å². The second kappa shape index (κ2) is 5.32. The maximum atomic E-state index is 13.1. The van der Waals surface area contributed by atoms with Crippen molar-refractivity contribution in [1.82, 2.24) is 0 Å². The van der Waals surface area contributed by atoms with Crippen LogP contribution in [-0.2, 0) is 6.18 Å². The van der Waals surface area contributed by atoms with Crippen LogP contribution < -0.4 is 16.4 Å². The summed E-state index contributed by atoms with van der Waals surface area (Å²) in [5.41, 5.74) is 9.90. The molecule has 4 nitrogen and oxygen atoms in total. The van der Waals surface area contributed by atoms with E-state index in [0.717, 1.165) is 18.9 Å². The molecular formula is C13H16F3N3O. The standard InChI is InChI=1S/C13H16F3N3O/c14-13(15,16)10-6-8(12(18)20)3-4-11(10)19-5-1-2-9(17)7-19/h3-4,6,9H,1-2,5,7,17H2,(H2,18,20)/t9-/m1/s1. The largest absolute Gasteiger partial charge is 0.418 e. The number of alkyl halides is 3. The fourth-order valence-corrected chi connectivity index (χ4v) is 2.42.